The van der Waals surface area contributed by atoms with E-state index < -0.39 is 0 Å². The van der Waals surface area contributed by atoms with Gasteiger partial charge in [0.05, 0.1) is 18.9 Å². The van der Waals surface area contributed by atoms with Crippen LogP contribution in [-0.4, -0.2) is 19.2 Å². The molecule has 5 nitrogen and oxygen atoms in total. The van der Waals surface area contributed by atoms with Crippen LogP contribution < -0.4 is 14.9 Å². The lowest BCUT2D eigenvalue weighted by Crippen LogP contribution is -2.18. The first-order chi connectivity index (χ1) is 14.1. The summed E-state index contributed by atoms with van der Waals surface area (Å²) in [4.78, 5) is 12.4. The van der Waals surface area contributed by atoms with E-state index in [2.05, 4.69) is 45.5 Å². The SMILES string of the molecule is COc1ccc(Br)cc1C(=O)N/N=C\c1ccccc1OCc1ccc(C)cc1. The van der Waals surface area contributed by atoms with Gasteiger partial charge in [-0.05, 0) is 42.8 Å². The first kappa shape index (κ1) is 20.6. The van der Waals surface area contributed by atoms with Crippen LogP contribution in [0.3, 0.4) is 0 Å². The summed E-state index contributed by atoms with van der Waals surface area (Å²) in [6, 6.07) is 20.9. The molecule has 0 radical (unpaired) electrons. The monoisotopic (exact) mass is 452 g/mol. The molecule has 0 heterocycles. The standard InChI is InChI=1S/C23H21BrN2O3/c1-16-7-9-17(10-8-16)15-29-21-6-4-3-5-18(21)14-25-26-23(27)20-13-19(24)11-12-22(20)28-2/h3-14H,15H2,1-2H3,(H,26,27)/b25-14-. The van der Waals surface area contributed by atoms with E-state index in [0.717, 1.165) is 15.6 Å². The smallest absolute Gasteiger partial charge is 0.275 e. The highest BCUT2D eigenvalue weighted by atomic mass is 79.9. The largest absolute Gasteiger partial charge is 0.496 e. The quantitative estimate of drug-likeness (QED) is 0.400. The van der Waals surface area contributed by atoms with Crippen molar-refractivity contribution in [3.63, 3.8) is 0 Å². The molecular formula is C23H21BrN2O3. The minimum atomic E-state index is -0.363. The Morgan fingerprint density at radius 1 is 1.07 bits per heavy atom. The fourth-order valence-corrected chi connectivity index (χ4v) is 3.00. The second kappa shape index (κ2) is 9.89. The lowest BCUT2D eigenvalue weighted by molar-refractivity contribution is 0.0952. The molecule has 0 unspecified atom stereocenters. The van der Waals surface area contributed by atoms with Crippen molar-refractivity contribution in [3.05, 3.63) is 93.5 Å². The maximum Gasteiger partial charge on any atom is 0.275 e. The third-order valence-electron chi connectivity index (χ3n) is 4.21. The second-order valence-corrected chi connectivity index (χ2v) is 7.27. The molecule has 0 spiro atoms. The zero-order valence-electron chi connectivity index (χ0n) is 16.2. The summed E-state index contributed by atoms with van der Waals surface area (Å²) in [5.74, 6) is 0.797. The molecule has 1 amide bonds. The van der Waals surface area contributed by atoms with Gasteiger partial charge in [-0.1, -0.05) is 57.9 Å². The molecule has 6 heteroatoms. The summed E-state index contributed by atoms with van der Waals surface area (Å²) in [5, 5.41) is 4.07. The Kier molecular flexibility index (Phi) is 7.03. The number of halogens is 1. The number of hydrogen-bond donors (Lipinski definition) is 1. The molecule has 29 heavy (non-hydrogen) atoms. The highest BCUT2D eigenvalue weighted by Crippen LogP contribution is 2.23. The van der Waals surface area contributed by atoms with Crippen molar-refractivity contribution in [1.82, 2.24) is 5.43 Å². The second-order valence-electron chi connectivity index (χ2n) is 6.36. The van der Waals surface area contributed by atoms with Crippen LogP contribution in [0.4, 0.5) is 0 Å². The molecule has 0 aromatic heterocycles. The molecule has 3 aromatic rings. The van der Waals surface area contributed by atoms with Gasteiger partial charge in [0, 0.05) is 10.0 Å². The van der Waals surface area contributed by atoms with E-state index in [0.29, 0.717) is 23.7 Å². The van der Waals surface area contributed by atoms with E-state index in [4.69, 9.17) is 9.47 Å². The zero-order chi connectivity index (χ0) is 20.6. The average molecular weight is 453 g/mol. The van der Waals surface area contributed by atoms with E-state index in [1.165, 1.54) is 12.7 Å². The fourth-order valence-electron chi connectivity index (χ4n) is 2.64. The molecule has 3 rings (SSSR count). The first-order valence-corrected chi connectivity index (χ1v) is 9.80. The van der Waals surface area contributed by atoms with E-state index in [1.54, 1.807) is 24.4 Å². The van der Waals surface area contributed by atoms with E-state index in [-0.39, 0.29) is 5.91 Å². The van der Waals surface area contributed by atoms with Gasteiger partial charge in [-0.25, -0.2) is 5.43 Å². The Labute approximate surface area is 178 Å². The van der Waals surface area contributed by atoms with Gasteiger partial charge in [-0.2, -0.15) is 5.10 Å². The summed E-state index contributed by atoms with van der Waals surface area (Å²) in [6.07, 6.45) is 1.56. The molecule has 1 N–H and O–H groups in total. The summed E-state index contributed by atoms with van der Waals surface area (Å²) < 4.78 is 11.9. The molecular weight excluding hydrogens is 432 g/mol. The lowest BCUT2D eigenvalue weighted by Gasteiger charge is -2.09. The Bertz CT molecular complexity index is 1020. The maximum absolute atomic E-state index is 12.4. The molecule has 0 fully saturated rings. The van der Waals surface area contributed by atoms with Gasteiger partial charge in [0.2, 0.25) is 0 Å². The minimum absolute atomic E-state index is 0.363. The molecule has 0 aliphatic heterocycles. The normalized spacial score (nSPS) is 10.7. The van der Waals surface area contributed by atoms with Crippen molar-refractivity contribution in [2.45, 2.75) is 13.5 Å². The number of hydrazone groups is 1. The van der Waals surface area contributed by atoms with Gasteiger partial charge in [0.15, 0.2) is 0 Å². The molecule has 0 atom stereocenters. The number of aryl methyl sites for hydroxylation is 1. The van der Waals surface area contributed by atoms with Gasteiger partial charge in [-0.3, -0.25) is 4.79 Å². The van der Waals surface area contributed by atoms with E-state index >= 15 is 0 Å². The van der Waals surface area contributed by atoms with Gasteiger partial charge in [0.25, 0.3) is 5.91 Å². The number of para-hydroxylation sites is 1. The van der Waals surface area contributed by atoms with Crippen LogP contribution in [0.15, 0.2) is 76.3 Å². The number of methoxy groups -OCH3 is 1. The lowest BCUT2D eigenvalue weighted by atomic mass is 10.1. The molecule has 0 saturated carbocycles. The summed E-state index contributed by atoms with van der Waals surface area (Å²) in [5.41, 5.74) is 5.98. The van der Waals surface area contributed by atoms with Crippen LogP contribution in [0.1, 0.15) is 27.0 Å². The maximum atomic E-state index is 12.4. The van der Waals surface area contributed by atoms with Crippen LogP contribution in [0, 0.1) is 6.92 Å². The third kappa shape index (κ3) is 5.68. The number of nitrogens with one attached hydrogen (secondary N) is 1. The molecule has 0 aliphatic carbocycles. The van der Waals surface area contributed by atoms with Crippen molar-refractivity contribution < 1.29 is 14.3 Å². The Balaban J connectivity index is 1.67. The van der Waals surface area contributed by atoms with Crippen molar-refractivity contribution in [3.8, 4) is 11.5 Å². The number of amides is 1. The Morgan fingerprint density at radius 3 is 2.59 bits per heavy atom. The van der Waals surface area contributed by atoms with Gasteiger partial charge < -0.3 is 9.47 Å². The molecule has 3 aromatic carbocycles. The first-order valence-electron chi connectivity index (χ1n) is 9.01. The summed E-state index contributed by atoms with van der Waals surface area (Å²) >= 11 is 3.36. The predicted molar refractivity (Wildman–Crippen MR) is 118 cm³/mol. The fraction of sp³-hybridized carbons (Fsp3) is 0.130. The van der Waals surface area contributed by atoms with Crippen molar-refractivity contribution in [2.24, 2.45) is 5.10 Å². The van der Waals surface area contributed by atoms with Crippen LogP contribution in [0.5, 0.6) is 11.5 Å². The number of nitrogens with zero attached hydrogens (tertiary/aromatic N) is 1. The predicted octanol–water partition coefficient (Wildman–Crippen LogP) is 5.11. The number of benzene rings is 3. The number of carbonyl (C=O) groups excluding carboxylic acids is 1. The zero-order valence-corrected chi connectivity index (χ0v) is 17.8. The van der Waals surface area contributed by atoms with Crippen LogP contribution >= 0.6 is 15.9 Å². The van der Waals surface area contributed by atoms with Crippen molar-refractivity contribution >= 4 is 28.1 Å². The van der Waals surface area contributed by atoms with Crippen LogP contribution in [0.25, 0.3) is 0 Å². The molecule has 148 valence electrons. The number of hydrogen-bond acceptors (Lipinski definition) is 4. The van der Waals surface area contributed by atoms with E-state index in [1.807, 2.05) is 36.4 Å². The van der Waals surface area contributed by atoms with E-state index in [9.17, 15) is 4.79 Å². The van der Waals surface area contributed by atoms with Crippen molar-refractivity contribution in [1.29, 1.82) is 0 Å². The average Bonchev–Trinajstić information content (AvgIpc) is 2.74. The summed E-state index contributed by atoms with van der Waals surface area (Å²) in [7, 11) is 1.52. The third-order valence-corrected chi connectivity index (χ3v) is 4.70. The van der Waals surface area contributed by atoms with Crippen molar-refractivity contribution in [2.75, 3.05) is 7.11 Å². The number of ether oxygens (including phenoxy) is 2. The Morgan fingerprint density at radius 2 is 1.83 bits per heavy atom. The topological polar surface area (TPSA) is 59.9 Å². The minimum Gasteiger partial charge on any atom is -0.496 e. The highest BCUT2D eigenvalue weighted by Gasteiger charge is 2.12. The number of rotatable bonds is 7. The molecule has 0 saturated heterocycles. The van der Waals surface area contributed by atoms with Gasteiger partial charge in [0.1, 0.15) is 18.1 Å². The van der Waals surface area contributed by atoms with Crippen LogP contribution in [-0.2, 0) is 6.61 Å². The molecule has 0 aliphatic rings. The van der Waals surface area contributed by atoms with Gasteiger partial charge in [-0.15, -0.1) is 0 Å². The Hall–Kier alpha value is -3.12. The van der Waals surface area contributed by atoms with Crippen LogP contribution in [0.2, 0.25) is 0 Å². The van der Waals surface area contributed by atoms with Gasteiger partial charge >= 0.3 is 0 Å². The molecule has 0 bridgehead atoms. The number of carbonyl (C=O) groups is 1. The summed E-state index contributed by atoms with van der Waals surface area (Å²) in [6.45, 7) is 2.50. The highest BCUT2D eigenvalue weighted by molar-refractivity contribution is 9.10.